The Kier molecular flexibility index (Phi) is 4.59. The Morgan fingerprint density at radius 3 is 2.59 bits per heavy atom. The van der Waals surface area contributed by atoms with Crippen molar-refractivity contribution in [1.82, 2.24) is 14.9 Å². The Bertz CT molecular complexity index is 487. The molecule has 1 aromatic heterocycles. The molecule has 0 aliphatic carbocycles. The van der Waals surface area contributed by atoms with E-state index in [0.717, 1.165) is 39.1 Å². The van der Waals surface area contributed by atoms with Gasteiger partial charge in [0.05, 0.1) is 19.0 Å². The van der Waals surface area contributed by atoms with Crippen molar-refractivity contribution in [1.29, 1.82) is 0 Å². The van der Waals surface area contributed by atoms with Crippen LogP contribution in [0.3, 0.4) is 0 Å². The van der Waals surface area contributed by atoms with E-state index in [9.17, 15) is 4.39 Å². The van der Waals surface area contributed by atoms with Crippen molar-refractivity contribution in [3.05, 3.63) is 18.2 Å². The predicted octanol–water partition coefficient (Wildman–Crippen LogP) is 2.09. The molecule has 1 atom stereocenters. The Hall–Kier alpha value is -1.27. The summed E-state index contributed by atoms with van der Waals surface area (Å²) in [6.07, 6.45) is 7.14. The van der Waals surface area contributed by atoms with Crippen LogP contribution in [0.25, 0.3) is 0 Å². The second kappa shape index (κ2) is 6.46. The van der Waals surface area contributed by atoms with Crippen LogP contribution in [0.5, 0.6) is 0 Å². The molecule has 0 amide bonds. The lowest BCUT2D eigenvalue weighted by molar-refractivity contribution is 0.0460. The van der Waals surface area contributed by atoms with Crippen LogP contribution in [-0.2, 0) is 4.74 Å². The fraction of sp³-hybridized carbons (Fsp3) is 0.750. The zero-order chi connectivity index (χ0) is 15.6. The highest BCUT2D eigenvalue weighted by Crippen LogP contribution is 2.40. The van der Waals surface area contributed by atoms with Gasteiger partial charge in [-0.1, -0.05) is 0 Å². The zero-order valence-electron chi connectivity index (χ0n) is 13.5. The third-order valence-corrected chi connectivity index (χ3v) is 5.34. The second-order valence-corrected chi connectivity index (χ2v) is 6.38. The molecule has 2 aliphatic rings. The molecule has 22 heavy (non-hydrogen) atoms. The fourth-order valence-electron chi connectivity index (χ4n) is 3.84. The molecule has 0 saturated carbocycles. The molecular weight excluding hydrogens is 283 g/mol. The van der Waals surface area contributed by atoms with Crippen LogP contribution in [0.2, 0.25) is 0 Å². The second-order valence-electron chi connectivity index (χ2n) is 6.38. The summed E-state index contributed by atoms with van der Waals surface area (Å²) in [5, 5.41) is 0. The van der Waals surface area contributed by atoms with Crippen LogP contribution in [0, 0.1) is 5.82 Å². The van der Waals surface area contributed by atoms with Gasteiger partial charge in [0, 0.05) is 31.3 Å². The highest BCUT2D eigenvalue weighted by Gasteiger charge is 2.45. The number of rotatable bonds is 4. The van der Waals surface area contributed by atoms with Crippen molar-refractivity contribution in [3.63, 3.8) is 0 Å². The highest BCUT2D eigenvalue weighted by molar-refractivity contribution is 5.30. The van der Waals surface area contributed by atoms with Crippen LogP contribution < -0.4 is 4.90 Å². The predicted molar refractivity (Wildman–Crippen MR) is 83.4 cm³/mol. The van der Waals surface area contributed by atoms with E-state index >= 15 is 0 Å². The largest absolute Gasteiger partial charge is 0.380 e. The quantitative estimate of drug-likeness (QED) is 0.852. The van der Waals surface area contributed by atoms with E-state index < -0.39 is 0 Å². The van der Waals surface area contributed by atoms with Crippen LogP contribution in [0.1, 0.15) is 32.6 Å². The molecule has 2 aliphatic heterocycles. The van der Waals surface area contributed by atoms with Gasteiger partial charge in [-0.05, 0) is 39.7 Å². The minimum atomic E-state index is -0.383. The fourth-order valence-corrected chi connectivity index (χ4v) is 3.84. The van der Waals surface area contributed by atoms with E-state index in [4.69, 9.17) is 4.74 Å². The Morgan fingerprint density at radius 2 is 1.95 bits per heavy atom. The summed E-state index contributed by atoms with van der Waals surface area (Å²) in [4.78, 5) is 12.9. The lowest BCUT2D eigenvalue weighted by Gasteiger charge is -2.45. The third kappa shape index (κ3) is 2.94. The Labute approximate surface area is 131 Å². The maximum Gasteiger partial charge on any atom is 0.225 e. The summed E-state index contributed by atoms with van der Waals surface area (Å²) in [7, 11) is 2.24. The monoisotopic (exact) mass is 308 g/mol. The first-order valence-corrected chi connectivity index (χ1v) is 8.18. The number of likely N-dealkylation sites (N-methyl/N-ethyl adjacent to an activating group) is 1. The summed E-state index contributed by atoms with van der Waals surface area (Å²) >= 11 is 0. The first-order valence-electron chi connectivity index (χ1n) is 8.18. The van der Waals surface area contributed by atoms with Gasteiger partial charge in [0.2, 0.25) is 5.95 Å². The number of nitrogens with zero attached hydrogens (tertiary/aromatic N) is 4. The van der Waals surface area contributed by atoms with E-state index in [1.807, 2.05) is 6.92 Å². The molecule has 0 bridgehead atoms. The molecule has 122 valence electrons. The number of aromatic nitrogens is 2. The van der Waals surface area contributed by atoms with Gasteiger partial charge in [-0.2, -0.15) is 0 Å². The molecule has 6 heteroatoms. The summed E-state index contributed by atoms with van der Waals surface area (Å²) in [6, 6.07) is 0.536. The van der Waals surface area contributed by atoms with Gasteiger partial charge >= 0.3 is 0 Å². The number of ether oxygens (including phenoxy) is 1. The molecule has 3 rings (SSSR count). The molecule has 2 saturated heterocycles. The van der Waals surface area contributed by atoms with Gasteiger partial charge in [0.1, 0.15) is 0 Å². The standard InChI is InChI=1S/C16H25FN4O/c1-3-22-12-14-4-5-16(20(14)2)6-8-21(9-7-16)15-18-10-13(17)11-19-15/h10-11,14H,3-9,12H2,1-2H3/t14-/m1/s1. The average molecular weight is 308 g/mol. The molecule has 3 heterocycles. The third-order valence-electron chi connectivity index (χ3n) is 5.34. The molecule has 5 nitrogen and oxygen atoms in total. The normalized spacial score (nSPS) is 25.0. The van der Waals surface area contributed by atoms with E-state index in [-0.39, 0.29) is 11.4 Å². The van der Waals surface area contributed by atoms with E-state index in [1.54, 1.807) is 0 Å². The average Bonchev–Trinajstić information content (AvgIpc) is 2.84. The van der Waals surface area contributed by atoms with Gasteiger partial charge in [-0.15, -0.1) is 0 Å². The van der Waals surface area contributed by atoms with Crippen LogP contribution >= 0.6 is 0 Å². The molecule has 1 aromatic rings. The van der Waals surface area contributed by atoms with Crippen LogP contribution in [0.4, 0.5) is 10.3 Å². The minimum absolute atomic E-state index is 0.290. The van der Waals surface area contributed by atoms with Crippen molar-refractivity contribution < 1.29 is 9.13 Å². The molecule has 0 N–H and O–H groups in total. The van der Waals surface area contributed by atoms with E-state index in [2.05, 4.69) is 26.8 Å². The molecule has 1 spiro atoms. The van der Waals surface area contributed by atoms with Gasteiger partial charge in [0.25, 0.3) is 0 Å². The van der Waals surface area contributed by atoms with E-state index in [0.29, 0.717) is 12.0 Å². The van der Waals surface area contributed by atoms with Gasteiger partial charge < -0.3 is 9.64 Å². The van der Waals surface area contributed by atoms with Crippen molar-refractivity contribution in [2.24, 2.45) is 0 Å². The summed E-state index contributed by atoms with van der Waals surface area (Å²) < 4.78 is 18.5. The highest BCUT2D eigenvalue weighted by atomic mass is 19.1. The lowest BCUT2D eigenvalue weighted by atomic mass is 9.85. The van der Waals surface area contributed by atoms with Crippen LogP contribution in [0.15, 0.2) is 12.4 Å². The van der Waals surface area contributed by atoms with E-state index in [1.165, 1.54) is 25.2 Å². The topological polar surface area (TPSA) is 41.5 Å². The van der Waals surface area contributed by atoms with Crippen molar-refractivity contribution in [3.8, 4) is 0 Å². The van der Waals surface area contributed by atoms with Crippen molar-refractivity contribution in [2.75, 3.05) is 38.3 Å². The number of hydrogen-bond donors (Lipinski definition) is 0. The number of halogens is 1. The Balaban J connectivity index is 1.60. The molecule has 0 radical (unpaired) electrons. The van der Waals surface area contributed by atoms with Crippen molar-refractivity contribution in [2.45, 2.75) is 44.2 Å². The summed E-state index contributed by atoms with van der Waals surface area (Å²) in [5.74, 6) is 0.259. The zero-order valence-corrected chi connectivity index (χ0v) is 13.5. The van der Waals surface area contributed by atoms with Gasteiger partial charge in [-0.3, -0.25) is 4.90 Å². The molecular formula is C16H25FN4O. The van der Waals surface area contributed by atoms with Gasteiger partial charge in [0.15, 0.2) is 5.82 Å². The SMILES string of the molecule is CCOC[C@H]1CCC2(CCN(c3ncc(F)cn3)CC2)N1C. The van der Waals surface area contributed by atoms with Crippen LogP contribution in [-0.4, -0.2) is 59.8 Å². The number of hydrogen-bond acceptors (Lipinski definition) is 5. The lowest BCUT2D eigenvalue weighted by Crippen LogP contribution is -2.53. The van der Waals surface area contributed by atoms with Gasteiger partial charge in [-0.25, -0.2) is 14.4 Å². The summed E-state index contributed by atoms with van der Waals surface area (Å²) in [6.45, 7) is 5.52. The smallest absolute Gasteiger partial charge is 0.225 e. The first-order chi connectivity index (χ1) is 10.6. The first kappa shape index (κ1) is 15.6. The minimum Gasteiger partial charge on any atom is -0.380 e. The number of piperidine rings is 1. The molecule has 0 aromatic carbocycles. The molecule has 2 fully saturated rings. The maximum absolute atomic E-state index is 12.9. The number of likely N-dealkylation sites (tertiary alicyclic amines) is 1. The summed E-state index contributed by atoms with van der Waals surface area (Å²) in [5.41, 5.74) is 0.290. The van der Waals surface area contributed by atoms with Crippen molar-refractivity contribution >= 4 is 5.95 Å². The molecule has 0 unspecified atom stereocenters. The number of anilines is 1. The Morgan fingerprint density at radius 1 is 1.27 bits per heavy atom. The maximum atomic E-state index is 12.9.